The van der Waals surface area contributed by atoms with Crippen LogP contribution in [0.5, 0.6) is 11.6 Å². The Morgan fingerprint density at radius 1 is 1.06 bits per heavy atom. The lowest BCUT2D eigenvalue weighted by atomic mass is 10.1. The molecule has 7 nitrogen and oxygen atoms in total. The van der Waals surface area contributed by atoms with Gasteiger partial charge in [0.05, 0.1) is 24.9 Å². The molecule has 3 aromatic rings. The van der Waals surface area contributed by atoms with Crippen molar-refractivity contribution >= 4 is 0 Å². The lowest BCUT2D eigenvalue weighted by Gasteiger charge is -2.25. The Labute approximate surface area is 187 Å². The van der Waals surface area contributed by atoms with Crippen LogP contribution in [0.1, 0.15) is 5.56 Å². The molecule has 1 N–H and O–H groups in total. The fourth-order valence-electron chi connectivity index (χ4n) is 3.49. The summed E-state index contributed by atoms with van der Waals surface area (Å²) in [7, 11) is 5.02. The van der Waals surface area contributed by atoms with E-state index in [4.69, 9.17) is 19.3 Å². The van der Waals surface area contributed by atoms with Gasteiger partial charge < -0.3 is 19.3 Å². The molecular weight excluding hydrogens is 413 g/mol. The van der Waals surface area contributed by atoms with Crippen LogP contribution in [0, 0.1) is 5.82 Å². The average Bonchev–Trinajstić information content (AvgIpc) is 3.09. The molecule has 0 saturated carbocycles. The average molecular weight is 444 g/mol. The fraction of sp³-hybridized carbons (Fsp3) is 0.375. The summed E-state index contributed by atoms with van der Waals surface area (Å²) < 4.78 is 31.5. The van der Waals surface area contributed by atoms with Crippen molar-refractivity contribution in [1.82, 2.24) is 14.7 Å². The Balaban J connectivity index is 1.98. The molecule has 1 atom stereocenters. The lowest BCUT2D eigenvalue weighted by Crippen LogP contribution is -2.36. The summed E-state index contributed by atoms with van der Waals surface area (Å²) in [6, 6.07) is 15.7. The molecule has 0 aliphatic carbocycles. The number of ether oxygens (including phenoxy) is 3. The second-order valence-electron chi connectivity index (χ2n) is 7.52. The second-order valence-corrected chi connectivity index (χ2v) is 7.52. The highest BCUT2D eigenvalue weighted by Gasteiger charge is 2.23. The summed E-state index contributed by atoms with van der Waals surface area (Å²) in [5, 5.41) is 15.0. The molecule has 8 heteroatoms. The van der Waals surface area contributed by atoms with E-state index in [2.05, 4.69) is 4.90 Å². The van der Waals surface area contributed by atoms with Gasteiger partial charge in [-0.1, -0.05) is 30.3 Å². The topological polar surface area (TPSA) is 69.0 Å². The van der Waals surface area contributed by atoms with Gasteiger partial charge in [-0.3, -0.25) is 4.90 Å². The van der Waals surface area contributed by atoms with Crippen LogP contribution < -0.4 is 4.74 Å². The third-order valence-electron chi connectivity index (χ3n) is 4.98. The summed E-state index contributed by atoms with van der Waals surface area (Å²) in [5.41, 5.74) is 2.61. The van der Waals surface area contributed by atoms with E-state index in [1.807, 2.05) is 37.4 Å². The Hall–Kier alpha value is -2.78. The van der Waals surface area contributed by atoms with E-state index in [1.165, 1.54) is 12.1 Å². The Morgan fingerprint density at radius 2 is 1.78 bits per heavy atom. The number of halogens is 1. The number of methoxy groups -OCH3 is 2. The zero-order valence-electron chi connectivity index (χ0n) is 18.7. The second kappa shape index (κ2) is 11.7. The number of hydrogen-bond acceptors (Lipinski definition) is 6. The number of aliphatic hydroxyl groups excluding tert-OH is 1. The van der Waals surface area contributed by atoms with Gasteiger partial charge in [0, 0.05) is 46.5 Å². The zero-order valence-corrected chi connectivity index (χ0v) is 18.7. The third-order valence-corrected chi connectivity index (χ3v) is 4.98. The van der Waals surface area contributed by atoms with Crippen molar-refractivity contribution in [2.75, 3.05) is 40.5 Å². The predicted octanol–water partition coefficient (Wildman–Crippen LogP) is 3.47. The van der Waals surface area contributed by atoms with Crippen molar-refractivity contribution in [1.29, 1.82) is 0 Å². The molecule has 0 radical (unpaired) electrons. The monoisotopic (exact) mass is 443 g/mol. The summed E-state index contributed by atoms with van der Waals surface area (Å²) in [5.74, 6) is 0.739. The normalized spacial score (nSPS) is 12.3. The SMILES string of the molecule is COCCN(Cc1c(-c2ccccc2)nn(C)c1Oc1ccc(F)cc1)C[C@H](O)COC. The van der Waals surface area contributed by atoms with Crippen LogP contribution in [0.3, 0.4) is 0 Å². The van der Waals surface area contributed by atoms with Crippen LogP contribution >= 0.6 is 0 Å². The number of nitrogens with zero attached hydrogens (tertiary/aromatic N) is 3. The molecule has 0 unspecified atom stereocenters. The van der Waals surface area contributed by atoms with Gasteiger partial charge in [-0.2, -0.15) is 5.10 Å². The Kier molecular flexibility index (Phi) is 8.75. The quantitative estimate of drug-likeness (QED) is 0.462. The van der Waals surface area contributed by atoms with Gasteiger partial charge in [0.1, 0.15) is 17.3 Å². The highest BCUT2D eigenvalue weighted by molar-refractivity contribution is 5.65. The van der Waals surface area contributed by atoms with Gasteiger partial charge >= 0.3 is 0 Å². The van der Waals surface area contributed by atoms with Gasteiger partial charge in [-0.25, -0.2) is 9.07 Å². The van der Waals surface area contributed by atoms with Crippen LogP contribution in [-0.2, 0) is 23.1 Å². The first kappa shape index (κ1) is 23.9. The van der Waals surface area contributed by atoms with Crippen molar-refractivity contribution in [3.8, 4) is 22.9 Å². The summed E-state index contributed by atoms with van der Waals surface area (Å²) in [4.78, 5) is 2.08. The first-order valence-corrected chi connectivity index (χ1v) is 10.4. The van der Waals surface area contributed by atoms with Crippen molar-refractivity contribution in [3.63, 3.8) is 0 Å². The van der Waals surface area contributed by atoms with E-state index in [9.17, 15) is 9.50 Å². The largest absolute Gasteiger partial charge is 0.439 e. The molecule has 1 heterocycles. The maximum atomic E-state index is 13.4. The van der Waals surface area contributed by atoms with Crippen molar-refractivity contribution in [3.05, 3.63) is 66.0 Å². The smallest absolute Gasteiger partial charge is 0.222 e. The predicted molar refractivity (Wildman–Crippen MR) is 120 cm³/mol. The zero-order chi connectivity index (χ0) is 22.9. The molecule has 0 bridgehead atoms. The minimum Gasteiger partial charge on any atom is -0.439 e. The number of aliphatic hydroxyl groups is 1. The standard InChI is InChI=1S/C24H30FN3O4/c1-27-24(32-21-11-9-19(25)10-12-21)22(23(26-27)18-7-5-4-6-8-18)16-28(13-14-30-2)15-20(29)17-31-3/h4-12,20,29H,13-17H2,1-3H3/t20-/m0/s1. The Morgan fingerprint density at radius 3 is 2.44 bits per heavy atom. The third kappa shape index (κ3) is 6.37. The Bertz CT molecular complexity index is 963. The summed E-state index contributed by atoms with van der Waals surface area (Å²) >= 11 is 0. The molecular formula is C24H30FN3O4. The van der Waals surface area contributed by atoms with E-state index in [1.54, 1.807) is 31.0 Å². The van der Waals surface area contributed by atoms with Gasteiger partial charge in [-0.05, 0) is 24.3 Å². The van der Waals surface area contributed by atoms with Crippen LogP contribution in [0.25, 0.3) is 11.3 Å². The van der Waals surface area contributed by atoms with Gasteiger partial charge in [0.15, 0.2) is 0 Å². The van der Waals surface area contributed by atoms with Crippen molar-refractivity contribution < 1.29 is 23.7 Å². The molecule has 0 saturated heterocycles. The van der Waals surface area contributed by atoms with E-state index < -0.39 is 6.10 Å². The van der Waals surface area contributed by atoms with E-state index in [0.29, 0.717) is 37.9 Å². The van der Waals surface area contributed by atoms with E-state index >= 15 is 0 Å². The number of benzene rings is 2. The van der Waals surface area contributed by atoms with E-state index in [0.717, 1.165) is 16.8 Å². The molecule has 0 spiro atoms. The number of aromatic nitrogens is 2. The van der Waals surface area contributed by atoms with Crippen LogP contribution in [0.2, 0.25) is 0 Å². The molecule has 1 aromatic heterocycles. The highest BCUT2D eigenvalue weighted by atomic mass is 19.1. The van der Waals surface area contributed by atoms with Gasteiger partial charge in [-0.15, -0.1) is 0 Å². The number of hydrogen-bond donors (Lipinski definition) is 1. The first-order chi connectivity index (χ1) is 15.5. The van der Waals surface area contributed by atoms with Crippen molar-refractivity contribution in [2.45, 2.75) is 12.6 Å². The molecule has 3 rings (SSSR count). The molecule has 0 aliphatic heterocycles. The molecule has 0 fully saturated rings. The molecule has 172 valence electrons. The van der Waals surface area contributed by atoms with Crippen molar-refractivity contribution in [2.24, 2.45) is 7.05 Å². The first-order valence-electron chi connectivity index (χ1n) is 10.4. The summed E-state index contributed by atoms with van der Waals surface area (Å²) in [6.07, 6.45) is -0.643. The minimum absolute atomic E-state index is 0.237. The van der Waals surface area contributed by atoms with Crippen LogP contribution in [-0.4, -0.2) is 66.4 Å². The molecule has 0 amide bonds. The molecule has 32 heavy (non-hydrogen) atoms. The fourth-order valence-corrected chi connectivity index (χ4v) is 3.49. The minimum atomic E-state index is -0.643. The van der Waals surface area contributed by atoms with E-state index in [-0.39, 0.29) is 12.4 Å². The number of aryl methyl sites for hydroxylation is 1. The van der Waals surface area contributed by atoms with Crippen LogP contribution in [0.15, 0.2) is 54.6 Å². The molecule has 2 aromatic carbocycles. The highest BCUT2D eigenvalue weighted by Crippen LogP contribution is 2.34. The number of rotatable bonds is 12. The maximum absolute atomic E-state index is 13.4. The lowest BCUT2D eigenvalue weighted by molar-refractivity contribution is 0.0292. The van der Waals surface area contributed by atoms with Crippen LogP contribution in [0.4, 0.5) is 4.39 Å². The maximum Gasteiger partial charge on any atom is 0.222 e. The van der Waals surface area contributed by atoms with Gasteiger partial charge in [0.25, 0.3) is 0 Å². The molecule has 0 aliphatic rings. The van der Waals surface area contributed by atoms with Gasteiger partial charge in [0.2, 0.25) is 5.88 Å². The summed E-state index contributed by atoms with van der Waals surface area (Å²) in [6.45, 7) is 2.22.